The first-order valence-electron chi connectivity index (χ1n) is 11.6. The van der Waals surface area contributed by atoms with Crippen LogP contribution < -0.4 is 5.32 Å². The Morgan fingerprint density at radius 2 is 1.91 bits per heavy atom. The molecule has 0 aromatic rings. The molecule has 10 nitrogen and oxygen atoms in total. The van der Waals surface area contributed by atoms with E-state index in [1.54, 1.807) is 0 Å². The molecule has 0 aromatic heterocycles. The van der Waals surface area contributed by atoms with Crippen LogP contribution in [0.5, 0.6) is 0 Å². The zero-order valence-electron chi connectivity index (χ0n) is 19.2. The van der Waals surface area contributed by atoms with E-state index in [0.29, 0.717) is 12.3 Å². The third kappa shape index (κ3) is 4.50. The molecule has 5 aliphatic rings. The normalized spacial score (nSPS) is 42.5. The van der Waals surface area contributed by atoms with Gasteiger partial charge in [-0.3, -0.25) is 9.59 Å². The van der Waals surface area contributed by atoms with Crippen LogP contribution in [0.25, 0.3) is 0 Å². The summed E-state index contributed by atoms with van der Waals surface area (Å²) in [5.74, 6) is -2.81. The molecular formula is C22H33NO9S. The zero-order valence-corrected chi connectivity index (χ0v) is 20.0. The van der Waals surface area contributed by atoms with Crippen molar-refractivity contribution in [1.29, 1.82) is 0 Å². The number of ether oxygens (including phenoxy) is 3. The van der Waals surface area contributed by atoms with Gasteiger partial charge in [-0.1, -0.05) is 13.8 Å². The van der Waals surface area contributed by atoms with Gasteiger partial charge in [0, 0.05) is 30.4 Å². The molecule has 5 rings (SSSR count). The molecule has 4 saturated heterocycles. The Kier molecular flexibility index (Phi) is 6.99. The van der Waals surface area contributed by atoms with E-state index in [-0.39, 0.29) is 36.3 Å². The average Bonchev–Trinajstić information content (AvgIpc) is 3.00. The van der Waals surface area contributed by atoms with Crippen LogP contribution in [0.15, 0.2) is 0 Å². The third-order valence-electron chi connectivity index (χ3n) is 7.72. The maximum atomic E-state index is 12.5. The number of aliphatic carboxylic acids is 1. The molecular weight excluding hydrogens is 454 g/mol. The molecule has 5 fully saturated rings. The van der Waals surface area contributed by atoms with E-state index in [1.165, 1.54) is 0 Å². The van der Waals surface area contributed by atoms with Gasteiger partial charge in [0.15, 0.2) is 11.9 Å². The summed E-state index contributed by atoms with van der Waals surface area (Å²) in [4.78, 5) is 47.4. The maximum Gasteiger partial charge on any atom is 0.327 e. The van der Waals surface area contributed by atoms with Gasteiger partial charge in [-0.15, -0.1) is 0 Å². The molecule has 186 valence electrons. The van der Waals surface area contributed by atoms with E-state index in [0.717, 1.165) is 19.3 Å². The van der Waals surface area contributed by atoms with Crippen molar-refractivity contribution < 1.29 is 43.5 Å². The molecule has 0 aromatic carbocycles. The van der Waals surface area contributed by atoms with E-state index < -0.39 is 47.9 Å². The summed E-state index contributed by atoms with van der Waals surface area (Å²) >= 11 is 3.90. The summed E-state index contributed by atoms with van der Waals surface area (Å²) in [7, 11) is 0. The summed E-state index contributed by atoms with van der Waals surface area (Å²) in [5, 5.41) is 11.3. The second kappa shape index (κ2) is 9.33. The first-order chi connectivity index (χ1) is 15.6. The van der Waals surface area contributed by atoms with Crippen LogP contribution in [-0.4, -0.2) is 58.7 Å². The summed E-state index contributed by atoms with van der Waals surface area (Å²) in [6.45, 7) is 6.02. The Bertz CT molecular complexity index is 796. The minimum Gasteiger partial charge on any atom is -0.480 e. The van der Waals surface area contributed by atoms with E-state index in [9.17, 15) is 14.4 Å². The number of nitrogens with one attached hydrogen (secondary N) is 1. The quantitative estimate of drug-likeness (QED) is 0.280. The molecule has 1 amide bonds. The number of carbonyl (C=O) groups excluding carboxylic acids is 2. The SMILES string of the molecule is CC1CCC2C(C)C(OC(=O)CCC(=O)NC(CS)C(=O)O)OC3OC4(C)CCC1C32OO4. The smallest absolute Gasteiger partial charge is 0.327 e. The minimum atomic E-state index is -1.18. The Morgan fingerprint density at radius 1 is 1.15 bits per heavy atom. The number of thiol groups is 1. The first-order valence-corrected chi connectivity index (χ1v) is 12.3. The van der Waals surface area contributed by atoms with Crippen LogP contribution in [0, 0.1) is 23.7 Å². The Labute approximate surface area is 198 Å². The fourth-order valence-corrected chi connectivity index (χ4v) is 6.11. The van der Waals surface area contributed by atoms with Crippen molar-refractivity contribution in [2.45, 2.75) is 89.3 Å². The predicted molar refractivity (Wildman–Crippen MR) is 116 cm³/mol. The van der Waals surface area contributed by atoms with Gasteiger partial charge in [0.1, 0.15) is 6.04 Å². The van der Waals surface area contributed by atoms with Crippen molar-refractivity contribution in [2.24, 2.45) is 23.7 Å². The number of carboxylic acid groups (broad SMARTS) is 1. The van der Waals surface area contributed by atoms with Crippen LogP contribution in [0.2, 0.25) is 0 Å². The molecule has 2 N–H and O–H groups in total. The van der Waals surface area contributed by atoms with E-state index >= 15 is 0 Å². The van der Waals surface area contributed by atoms with Crippen molar-refractivity contribution in [3.05, 3.63) is 0 Å². The molecule has 0 radical (unpaired) electrons. The second-order valence-corrected chi connectivity index (χ2v) is 10.3. The standard InChI is InChI=1S/C22H33NO9S/c1-11-4-5-14-12(2)19(28-17(25)7-6-16(24)23-15(10-33)18(26)27)29-20-22(14)13(11)8-9-21(3,30-20)31-32-22/h11-15,19-20,33H,4-10H2,1-3H3,(H,23,24)(H,26,27). The van der Waals surface area contributed by atoms with Crippen molar-refractivity contribution in [1.82, 2.24) is 5.32 Å². The van der Waals surface area contributed by atoms with Crippen LogP contribution in [0.1, 0.15) is 59.3 Å². The molecule has 1 aliphatic carbocycles. The highest BCUT2D eigenvalue weighted by Gasteiger charge is 2.69. The fraction of sp³-hybridized carbons (Fsp3) is 0.864. The summed E-state index contributed by atoms with van der Waals surface area (Å²) in [6, 6.07) is -1.11. The predicted octanol–water partition coefficient (Wildman–Crippen LogP) is 2.02. The maximum absolute atomic E-state index is 12.5. The number of fused-ring (bicyclic) bond motifs is 2. The van der Waals surface area contributed by atoms with Gasteiger partial charge in [0.05, 0.1) is 6.42 Å². The first kappa shape index (κ1) is 24.7. The highest BCUT2D eigenvalue weighted by atomic mass is 32.1. The van der Waals surface area contributed by atoms with Crippen LogP contribution in [-0.2, 0) is 38.4 Å². The number of carboxylic acids is 1. The molecule has 2 bridgehead atoms. The molecule has 4 aliphatic heterocycles. The summed E-state index contributed by atoms with van der Waals surface area (Å²) < 4.78 is 18.0. The molecule has 11 heteroatoms. The summed E-state index contributed by atoms with van der Waals surface area (Å²) in [5.41, 5.74) is -0.741. The topological polar surface area (TPSA) is 130 Å². The highest BCUT2D eigenvalue weighted by molar-refractivity contribution is 7.80. The highest BCUT2D eigenvalue weighted by Crippen LogP contribution is 2.60. The molecule has 9 unspecified atom stereocenters. The third-order valence-corrected chi connectivity index (χ3v) is 8.08. The number of esters is 1. The minimum absolute atomic E-state index is 0.0212. The van der Waals surface area contributed by atoms with Gasteiger partial charge in [0.25, 0.3) is 0 Å². The lowest BCUT2D eigenvalue weighted by Gasteiger charge is -2.59. The zero-order chi connectivity index (χ0) is 24.0. The number of hydrogen-bond donors (Lipinski definition) is 3. The number of carbonyl (C=O) groups is 3. The van der Waals surface area contributed by atoms with E-state index in [2.05, 4.69) is 24.9 Å². The Morgan fingerprint density at radius 3 is 2.61 bits per heavy atom. The lowest BCUT2D eigenvalue weighted by molar-refractivity contribution is -0.576. The lowest BCUT2D eigenvalue weighted by atomic mass is 9.58. The molecule has 1 spiro atoms. The molecule has 1 saturated carbocycles. The molecule has 4 heterocycles. The van der Waals surface area contributed by atoms with Crippen LogP contribution in [0.3, 0.4) is 0 Å². The Balaban J connectivity index is 1.41. The molecule has 33 heavy (non-hydrogen) atoms. The van der Waals surface area contributed by atoms with Gasteiger partial charge in [-0.2, -0.15) is 12.6 Å². The van der Waals surface area contributed by atoms with Crippen molar-refractivity contribution in [3.8, 4) is 0 Å². The fourth-order valence-electron chi connectivity index (χ4n) is 5.86. The Hall–Kier alpha value is -1.40. The monoisotopic (exact) mass is 487 g/mol. The van der Waals surface area contributed by atoms with Crippen LogP contribution >= 0.6 is 12.6 Å². The average molecular weight is 488 g/mol. The summed E-state index contributed by atoms with van der Waals surface area (Å²) in [6.07, 6.45) is 1.54. The largest absolute Gasteiger partial charge is 0.480 e. The number of rotatable bonds is 7. The van der Waals surface area contributed by atoms with E-state index in [1.807, 2.05) is 13.8 Å². The molecule has 9 atom stereocenters. The van der Waals surface area contributed by atoms with Gasteiger partial charge in [-0.25, -0.2) is 14.6 Å². The van der Waals surface area contributed by atoms with Crippen LogP contribution in [0.4, 0.5) is 0 Å². The van der Waals surface area contributed by atoms with Gasteiger partial charge in [-0.05, 0) is 38.0 Å². The number of hydrogen-bond acceptors (Lipinski definition) is 9. The van der Waals surface area contributed by atoms with E-state index in [4.69, 9.17) is 29.1 Å². The van der Waals surface area contributed by atoms with Gasteiger partial charge < -0.3 is 24.6 Å². The number of amides is 1. The lowest BCUT2D eigenvalue weighted by Crippen LogP contribution is -2.70. The van der Waals surface area contributed by atoms with Gasteiger partial charge in [0.2, 0.25) is 18.0 Å². The van der Waals surface area contributed by atoms with Crippen molar-refractivity contribution in [2.75, 3.05) is 5.75 Å². The van der Waals surface area contributed by atoms with Crippen molar-refractivity contribution >= 4 is 30.5 Å². The van der Waals surface area contributed by atoms with Crippen molar-refractivity contribution in [3.63, 3.8) is 0 Å². The van der Waals surface area contributed by atoms with Gasteiger partial charge >= 0.3 is 11.9 Å². The second-order valence-electron chi connectivity index (χ2n) is 9.90.